The Kier molecular flexibility index (Phi) is 7.34. The van der Waals surface area contributed by atoms with Gasteiger partial charge in [-0.25, -0.2) is 0 Å². The number of esters is 1. The largest absolute Gasteiger partial charge is 0.466 e. The van der Waals surface area contributed by atoms with Crippen molar-refractivity contribution >= 4 is 5.97 Å². The first-order chi connectivity index (χ1) is 9.06. The van der Waals surface area contributed by atoms with E-state index >= 15 is 0 Å². The van der Waals surface area contributed by atoms with Gasteiger partial charge in [0.1, 0.15) is 0 Å². The van der Waals surface area contributed by atoms with Crippen LogP contribution in [0.4, 0.5) is 0 Å². The number of hydrogen-bond donors (Lipinski definition) is 1. The minimum Gasteiger partial charge on any atom is -0.466 e. The number of carbonyl (C=O) groups excluding carboxylic acids is 1. The molecule has 0 bridgehead atoms. The molecular formula is C14H28N2O3. The van der Waals surface area contributed by atoms with Crippen molar-refractivity contribution in [1.29, 1.82) is 0 Å². The lowest BCUT2D eigenvalue weighted by atomic mass is 10.1. The average Bonchev–Trinajstić information content (AvgIpc) is 2.99. The highest BCUT2D eigenvalue weighted by atomic mass is 16.5. The summed E-state index contributed by atoms with van der Waals surface area (Å²) in [5, 5.41) is 8.66. The van der Waals surface area contributed by atoms with E-state index in [-0.39, 0.29) is 11.9 Å². The summed E-state index contributed by atoms with van der Waals surface area (Å²) in [5.74, 6) is 0.650. The molecule has 1 N–H and O–H groups in total. The average molecular weight is 272 g/mol. The smallest absolute Gasteiger partial charge is 0.310 e. The van der Waals surface area contributed by atoms with E-state index in [0.29, 0.717) is 19.1 Å². The molecule has 19 heavy (non-hydrogen) atoms. The van der Waals surface area contributed by atoms with Crippen molar-refractivity contribution in [3.05, 3.63) is 0 Å². The minimum atomic E-state index is -0.0307. The van der Waals surface area contributed by atoms with Crippen LogP contribution >= 0.6 is 0 Å². The molecule has 2 rings (SSSR count). The number of ether oxygens (including phenoxy) is 1. The number of aliphatic hydroxyl groups excluding tert-OH is 1. The molecule has 2 atom stereocenters. The predicted molar refractivity (Wildman–Crippen MR) is 74.9 cm³/mol. The van der Waals surface area contributed by atoms with Crippen molar-refractivity contribution in [1.82, 2.24) is 9.80 Å². The summed E-state index contributed by atoms with van der Waals surface area (Å²) in [4.78, 5) is 15.5. The van der Waals surface area contributed by atoms with Gasteiger partial charge in [-0.1, -0.05) is 0 Å². The van der Waals surface area contributed by atoms with Gasteiger partial charge < -0.3 is 19.6 Å². The molecule has 0 amide bonds. The molecule has 2 heterocycles. The van der Waals surface area contributed by atoms with E-state index < -0.39 is 0 Å². The van der Waals surface area contributed by atoms with Gasteiger partial charge in [0.05, 0.1) is 12.5 Å². The topological polar surface area (TPSA) is 53.0 Å². The molecule has 2 fully saturated rings. The first kappa shape index (κ1) is 16.4. The van der Waals surface area contributed by atoms with Crippen molar-refractivity contribution in [2.45, 2.75) is 19.8 Å². The molecular weight excluding hydrogens is 244 g/mol. The maximum atomic E-state index is 11.1. The molecule has 0 aromatic carbocycles. The van der Waals surface area contributed by atoms with Crippen LogP contribution in [0.1, 0.15) is 19.8 Å². The highest BCUT2D eigenvalue weighted by Gasteiger charge is 2.26. The van der Waals surface area contributed by atoms with E-state index in [1.165, 1.54) is 6.42 Å². The van der Waals surface area contributed by atoms with Crippen LogP contribution in [0.2, 0.25) is 0 Å². The molecule has 0 aliphatic carbocycles. The highest BCUT2D eigenvalue weighted by molar-refractivity contribution is 5.73. The van der Waals surface area contributed by atoms with Crippen LogP contribution in [-0.4, -0.2) is 74.4 Å². The molecule has 0 aromatic rings. The van der Waals surface area contributed by atoms with Gasteiger partial charge in [0.25, 0.3) is 0 Å². The monoisotopic (exact) mass is 272 g/mol. The van der Waals surface area contributed by atoms with Gasteiger partial charge in [-0.15, -0.1) is 0 Å². The molecule has 0 saturated carbocycles. The Labute approximate surface area is 116 Å². The second-order valence-corrected chi connectivity index (χ2v) is 5.60. The van der Waals surface area contributed by atoms with Crippen LogP contribution in [0.25, 0.3) is 0 Å². The third-order valence-electron chi connectivity index (χ3n) is 3.76. The lowest BCUT2D eigenvalue weighted by Gasteiger charge is -2.08. The summed E-state index contributed by atoms with van der Waals surface area (Å²) >= 11 is 0. The Morgan fingerprint density at radius 1 is 1.21 bits per heavy atom. The SMILES string of the molecule is CCOC(=O)C1CCN(C)C1.CN1CCC(CO)C1. The molecule has 112 valence electrons. The summed E-state index contributed by atoms with van der Waals surface area (Å²) in [6.45, 7) is 6.82. The van der Waals surface area contributed by atoms with Crippen LogP contribution < -0.4 is 0 Å². The zero-order valence-corrected chi connectivity index (χ0v) is 12.5. The summed E-state index contributed by atoms with van der Waals surface area (Å²) < 4.78 is 4.91. The number of likely N-dealkylation sites (tertiary alicyclic amines) is 2. The molecule has 2 aliphatic rings. The Bertz CT molecular complexity index is 273. The second-order valence-electron chi connectivity index (χ2n) is 5.60. The van der Waals surface area contributed by atoms with E-state index in [1.807, 2.05) is 14.0 Å². The predicted octanol–water partition coefficient (Wildman–Crippen LogP) is 0.432. The number of hydrogen-bond acceptors (Lipinski definition) is 5. The minimum absolute atomic E-state index is 0.0307. The standard InChI is InChI=1S/C8H15NO2.C6H13NO/c1-3-11-8(10)7-4-5-9(2)6-7;1-7-3-2-6(4-7)5-8/h7H,3-6H2,1-2H3;6,8H,2-5H2,1H3. The van der Waals surface area contributed by atoms with Gasteiger partial charge in [0.15, 0.2) is 0 Å². The van der Waals surface area contributed by atoms with Gasteiger partial charge >= 0.3 is 5.97 Å². The quantitative estimate of drug-likeness (QED) is 0.755. The van der Waals surface area contributed by atoms with Crippen LogP contribution in [0.5, 0.6) is 0 Å². The Balaban J connectivity index is 0.000000200. The molecule has 2 unspecified atom stereocenters. The molecule has 5 nitrogen and oxygen atoms in total. The maximum Gasteiger partial charge on any atom is 0.310 e. The van der Waals surface area contributed by atoms with Gasteiger partial charge in [-0.2, -0.15) is 0 Å². The fourth-order valence-corrected chi connectivity index (χ4v) is 2.56. The lowest BCUT2D eigenvalue weighted by molar-refractivity contribution is -0.147. The first-order valence-corrected chi connectivity index (χ1v) is 7.21. The Hall–Kier alpha value is -0.650. The van der Waals surface area contributed by atoms with Crippen LogP contribution in [-0.2, 0) is 9.53 Å². The zero-order valence-electron chi connectivity index (χ0n) is 12.5. The third kappa shape index (κ3) is 5.89. The summed E-state index contributed by atoms with van der Waals surface area (Å²) in [6.07, 6.45) is 2.13. The number of carbonyl (C=O) groups is 1. The van der Waals surface area contributed by atoms with E-state index in [4.69, 9.17) is 9.84 Å². The third-order valence-corrected chi connectivity index (χ3v) is 3.76. The summed E-state index contributed by atoms with van der Waals surface area (Å²) in [7, 11) is 4.12. The van der Waals surface area contributed by atoms with E-state index in [1.54, 1.807) is 0 Å². The lowest BCUT2D eigenvalue weighted by Crippen LogP contribution is -2.21. The summed E-state index contributed by atoms with van der Waals surface area (Å²) in [6, 6.07) is 0. The highest BCUT2D eigenvalue weighted by Crippen LogP contribution is 2.15. The molecule has 2 saturated heterocycles. The van der Waals surface area contributed by atoms with Crippen molar-refractivity contribution in [2.75, 3.05) is 53.5 Å². The number of aliphatic hydroxyl groups is 1. The number of rotatable bonds is 3. The van der Waals surface area contributed by atoms with Crippen molar-refractivity contribution in [2.24, 2.45) is 11.8 Å². The van der Waals surface area contributed by atoms with Gasteiger partial charge in [0.2, 0.25) is 0 Å². The van der Waals surface area contributed by atoms with Crippen molar-refractivity contribution in [3.63, 3.8) is 0 Å². The van der Waals surface area contributed by atoms with Gasteiger partial charge in [0, 0.05) is 19.7 Å². The molecule has 0 radical (unpaired) electrons. The molecule has 2 aliphatic heterocycles. The molecule has 5 heteroatoms. The van der Waals surface area contributed by atoms with Crippen molar-refractivity contribution < 1.29 is 14.6 Å². The Morgan fingerprint density at radius 2 is 1.84 bits per heavy atom. The number of nitrogens with zero attached hydrogens (tertiary/aromatic N) is 2. The van der Waals surface area contributed by atoms with E-state index in [9.17, 15) is 4.79 Å². The zero-order chi connectivity index (χ0) is 14.3. The van der Waals surface area contributed by atoms with E-state index in [0.717, 1.165) is 32.6 Å². The molecule has 0 spiro atoms. The first-order valence-electron chi connectivity index (χ1n) is 7.21. The van der Waals surface area contributed by atoms with Gasteiger partial charge in [-0.05, 0) is 52.9 Å². The van der Waals surface area contributed by atoms with Crippen LogP contribution in [0.15, 0.2) is 0 Å². The normalized spacial score (nSPS) is 28.0. The van der Waals surface area contributed by atoms with Crippen molar-refractivity contribution in [3.8, 4) is 0 Å². The maximum absolute atomic E-state index is 11.1. The van der Waals surface area contributed by atoms with Crippen LogP contribution in [0.3, 0.4) is 0 Å². The van der Waals surface area contributed by atoms with Crippen LogP contribution in [0, 0.1) is 11.8 Å². The van der Waals surface area contributed by atoms with E-state index in [2.05, 4.69) is 16.8 Å². The fourth-order valence-electron chi connectivity index (χ4n) is 2.56. The second kappa shape index (κ2) is 8.51. The molecule has 0 aromatic heterocycles. The van der Waals surface area contributed by atoms with Gasteiger partial charge in [-0.3, -0.25) is 4.79 Å². The summed E-state index contributed by atoms with van der Waals surface area (Å²) in [5.41, 5.74) is 0. The Morgan fingerprint density at radius 3 is 2.21 bits per heavy atom. The fraction of sp³-hybridized carbons (Fsp3) is 0.929.